The highest BCUT2D eigenvalue weighted by molar-refractivity contribution is 6.99. The van der Waals surface area contributed by atoms with Gasteiger partial charge in [-0.1, -0.05) is 113 Å². The zero-order valence-electron chi connectivity index (χ0n) is 24.6. The minimum Gasteiger partial charge on any atom is -0.537 e. The maximum absolute atomic E-state index is 14.2. The number of ketones is 1. The van der Waals surface area contributed by atoms with E-state index in [0.29, 0.717) is 12.3 Å². The fourth-order valence-electron chi connectivity index (χ4n) is 7.85. The molecule has 0 aromatic heterocycles. The lowest BCUT2D eigenvalue weighted by Gasteiger charge is -2.48. The quantitative estimate of drug-likeness (QED) is 0.222. The Bertz CT molecular complexity index is 1260. The monoisotopic (exact) mass is 540 g/mol. The van der Waals surface area contributed by atoms with E-state index in [1.807, 2.05) is 0 Å². The summed E-state index contributed by atoms with van der Waals surface area (Å²) in [5, 5.41) is 2.25. The molecule has 206 valence electrons. The molecule has 0 spiro atoms. The highest BCUT2D eigenvalue weighted by Crippen LogP contribution is 2.62. The predicted molar refractivity (Wildman–Crippen MR) is 161 cm³/mol. The first-order valence-corrected chi connectivity index (χ1v) is 16.6. The molecule has 0 bridgehead atoms. The predicted octanol–water partition coefficient (Wildman–Crippen LogP) is 7.16. The van der Waals surface area contributed by atoms with Crippen LogP contribution in [-0.2, 0) is 14.0 Å². The molecular formula is C35H44O3Si. The highest BCUT2D eigenvalue weighted by atomic mass is 28.4. The van der Waals surface area contributed by atoms with Gasteiger partial charge in [-0.15, -0.1) is 0 Å². The molecular weight excluding hydrogens is 496 g/mol. The van der Waals surface area contributed by atoms with Crippen LogP contribution in [0.4, 0.5) is 0 Å². The van der Waals surface area contributed by atoms with Crippen LogP contribution in [0, 0.1) is 22.7 Å². The summed E-state index contributed by atoms with van der Waals surface area (Å²) in [7, 11) is -2.83. The molecule has 0 aliphatic heterocycles. The van der Waals surface area contributed by atoms with Crippen molar-refractivity contribution in [1.29, 1.82) is 0 Å². The van der Waals surface area contributed by atoms with Crippen LogP contribution in [0.3, 0.4) is 0 Å². The molecule has 1 saturated carbocycles. The zero-order valence-corrected chi connectivity index (χ0v) is 25.6. The number of fused-ring (bicyclic) bond motifs is 3. The summed E-state index contributed by atoms with van der Waals surface area (Å²) >= 11 is 0. The van der Waals surface area contributed by atoms with E-state index in [0.717, 1.165) is 37.9 Å². The molecule has 3 nitrogen and oxygen atoms in total. The Morgan fingerprint density at radius 3 is 2.05 bits per heavy atom. The second kappa shape index (κ2) is 10.0. The number of hydrogen-bond donors (Lipinski definition) is 0. The number of allylic oxidation sites excluding steroid dienone is 4. The first-order valence-electron chi connectivity index (χ1n) is 14.7. The van der Waals surface area contributed by atoms with Gasteiger partial charge in [0.25, 0.3) is 0 Å². The molecule has 3 aliphatic rings. The van der Waals surface area contributed by atoms with Gasteiger partial charge in [-0.2, -0.15) is 0 Å². The minimum absolute atomic E-state index is 0.0594. The first-order chi connectivity index (χ1) is 18.5. The van der Waals surface area contributed by atoms with E-state index in [2.05, 4.69) is 108 Å². The van der Waals surface area contributed by atoms with E-state index in [9.17, 15) is 9.59 Å². The van der Waals surface area contributed by atoms with Gasteiger partial charge in [0.05, 0.1) is 12.2 Å². The number of benzene rings is 2. The van der Waals surface area contributed by atoms with Crippen LogP contribution < -0.4 is 10.4 Å². The van der Waals surface area contributed by atoms with Gasteiger partial charge < -0.3 is 9.22 Å². The summed E-state index contributed by atoms with van der Waals surface area (Å²) in [4.78, 5) is 26.8. The summed E-state index contributed by atoms with van der Waals surface area (Å²) in [6.45, 7) is 13.5. The molecule has 0 N–H and O–H groups in total. The Hall–Kier alpha value is -2.72. The lowest BCUT2D eigenvalue weighted by Crippen LogP contribution is -2.66. The number of aldehydes is 1. The third kappa shape index (κ3) is 4.40. The van der Waals surface area contributed by atoms with Gasteiger partial charge in [0.2, 0.25) is 0 Å². The molecule has 2 aromatic carbocycles. The van der Waals surface area contributed by atoms with E-state index in [1.165, 1.54) is 27.8 Å². The largest absolute Gasteiger partial charge is 0.537 e. The third-order valence-corrected chi connectivity index (χ3v) is 15.1. The SMILES string of the molecule is CC(C)C1=C2[C@H]3CC=C(O[Si](c4ccccc4)(c4ccccc4)C(C)(C)C)CC(=O)[C@]3(C)CC[C@@]2(C=O)CC1. The van der Waals surface area contributed by atoms with E-state index in [-0.39, 0.29) is 22.2 Å². The Morgan fingerprint density at radius 1 is 0.949 bits per heavy atom. The van der Waals surface area contributed by atoms with Crippen molar-refractivity contribution in [3.63, 3.8) is 0 Å². The van der Waals surface area contributed by atoms with E-state index in [4.69, 9.17) is 4.43 Å². The van der Waals surface area contributed by atoms with Crippen molar-refractivity contribution in [1.82, 2.24) is 0 Å². The standard InChI is InChI=1S/C35H44O3Si/c1-25(2)29-19-20-35(24-36)22-21-34(6)30(32(29)35)18-17-26(23-31(34)37)38-39(33(3,4)5,27-13-9-7-10-14-27)28-15-11-8-12-16-28/h7-17,24-25,30H,18-23H2,1-6H3/t30-,34-,35-/m1/s1. The fourth-order valence-corrected chi connectivity index (χ4v) is 12.3. The maximum Gasteiger partial charge on any atom is 0.319 e. The molecule has 39 heavy (non-hydrogen) atoms. The van der Waals surface area contributed by atoms with Crippen LogP contribution >= 0.6 is 0 Å². The van der Waals surface area contributed by atoms with Crippen LogP contribution in [0.25, 0.3) is 0 Å². The van der Waals surface area contributed by atoms with E-state index >= 15 is 0 Å². The fraction of sp³-hybridized carbons (Fsp3) is 0.486. The molecule has 0 heterocycles. The van der Waals surface area contributed by atoms with Crippen LogP contribution in [-0.4, -0.2) is 20.4 Å². The first kappa shape index (κ1) is 27.8. The zero-order chi connectivity index (χ0) is 28.1. The molecule has 1 fully saturated rings. The van der Waals surface area contributed by atoms with E-state index < -0.39 is 13.7 Å². The lowest BCUT2D eigenvalue weighted by atomic mass is 9.54. The second-order valence-corrected chi connectivity index (χ2v) is 17.8. The van der Waals surface area contributed by atoms with Crippen molar-refractivity contribution in [3.05, 3.63) is 83.6 Å². The topological polar surface area (TPSA) is 43.4 Å². The van der Waals surface area contributed by atoms with Crippen molar-refractivity contribution >= 4 is 30.8 Å². The molecule has 0 unspecified atom stereocenters. The second-order valence-electron chi connectivity index (χ2n) is 13.6. The van der Waals surface area contributed by atoms with Gasteiger partial charge in [-0.05, 0) is 65.4 Å². The number of carbonyl (C=O) groups is 2. The number of carbonyl (C=O) groups excluding carboxylic acids is 2. The number of hydrogen-bond acceptors (Lipinski definition) is 3. The van der Waals surface area contributed by atoms with Crippen molar-refractivity contribution in [2.24, 2.45) is 22.7 Å². The molecule has 0 saturated heterocycles. The molecule has 0 radical (unpaired) electrons. The maximum atomic E-state index is 14.2. The van der Waals surface area contributed by atoms with Gasteiger partial charge in [-0.3, -0.25) is 4.79 Å². The number of rotatable bonds is 6. The number of Topliss-reactive ketones (excluding diaryl/α,β-unsaturated/α-hetero) is 1. The van der Waals surface area contributed by atoms with Crippen LogP contribution in [0.1, 0.15) is 80.1 Å². The van der Waals surface area contributed by atoms with Crippen molar-refractivity contribution in [3.8, 4) is 0 Å². The van der Waals surface area contributed by atoms with Gasteiger partial charge in [0.15, 0.2) is 0 Å². The van der Waals surface area contributed by atoms with Crippen molar-refractivity contribution in [2.45, 2.75) is 85.1 Å². The summed E-state index contributed by atoms with van der Waals surface area (Å²) in [5.74, 6) is 1.52. The average molecular weight is 541 g/mol. The van der Waals surface area contributed by atoms with Crippen molar-refractivity contribution in [2.75, 3.05) is 0 Å². The van der Waals surface area contributed by atoms with Gasteiger partial charge in [0.1, 0.15) is 12.1 Å². The highest BCUT2D eigenvalue weighted by Gasteiger charge is 2.58. The molecule has 5 rings (SSSR count). The smallest absolute Gasteiger partial charge is 0.319 e. The lowest BCUT2D eigenvalue weighted by molar-refractivity contribution is -0.133. The van der Waals surface area contributed by atoms with E-state index in [1.54, 1.807) is 0 Å². The Morgan fingerprint density at radius 2 is 1.54 bits per heavy atom. The molecule has 3 atom stereocenters. The van der Waals surface area contributed by atoms with Crippen LogP contribution in [0.5, 0.6) is 0 Å². The molecule has 3 aliphatic carbocycles. The van der Waals surface area contributed by atoms with Gasteiger partial charge >= 0.3 is 8.32 Å². The van der Waals surface area contributed by atoms with Gasteiger partial charge in [0, 0.05) is 10.8 Å². The van der Waals surface area contributed by atoms with Gasteiger partial charge in [-0.25, -0.2) is 0 Å². The Kier molecular flexibility index (Phi) is 7.16. The summed E-state index contributed by atoms with van der Waals surface area (Å²) in [5.41, 5.74) is 1.84. The normalized spacial score (nSPS) is 27.5. The minimum atomic E-state index is -2.83. The Labute approximate surface area is 235 Å². The Balaban J connectivity index is 1.63. The molecule has 2 aromatic rings. The molecule has 0 amide bonds. The van der Waals surface area contributed by atoms with Crippen LogP contribution in [0.15, 0.2) is 83.6 Å². The van der Waals surface area contributed by atoms with Crippen LogP contribution in [0.2, 0.25) is 5.04 Å². The molecule has 4 heteroatoms. The van der Waals surface area contributed by atoms with Crippen molar-refractivity contribution < 1.29 is 14.0 Å². The summed E-state index contributed by atoms with van der Waals surface area (Å²) < 4.78 is 7.35. The summed E-state index contributed by atoms with van der Waals surface area (Å²) in [6.07, 6.45) is 7.92. The third-order valence-electron chi connectivity index (χ3n) is 10.1. The average Bonchev–Trinajstić information content (AvgIpc) is 3.26. The summed E-state index contributed by atoms with van der Waals surface area (Å²) in [6, 6.07) is 21.3.